The largest absolute Gasteiger partial charge is 0.432 e. The van der Waals surface area contributed by atoms with Crippen molar-refractivity contribution in [3.05, 3.63) is 107 Å². The van der Waals surface area contributed by atoms with Crippen molar-refractivity contribution >= 4 is 25.0 Å². The molecule has 2 N–H and O–H groups in total. The number of hydrogen-bond donors (Lipinski definition) is 2. The van der Waals surface area contributed by atoms with Gasteiger partial charge in [-0.1, -0.05) is 67.6 Å². The van der Waals surface area contributed by atoms with E-state index in [1.807, 2.05) is 92.0 Å². The fourth-order valence-corrected chi connectivity index (χ4v) is 9.12. The molecular weight excluding hydrogens is 558 g/mol. The number of aliphatic hydroxyl groups excluding tert-OH is 1. The summed E-state index contributed by atoms with van der Waals surface area (Å²) in [4.78, 5) is 39.3. The highest BCUT2D eigenvalue weighted by Crippen LogP contribution is 2.45. The second-order valence-electron chi connectivity index (χ2n) is 12.1. The van der Waals surface area contributed by atoms with Gasteiger partial charge in [-0.05, 0) is 61.2 Å². The predicted octanol–water partition coefficient (Wildman–Crippen LogP) is 4.70. The Morgan fingerprint density at radius 3 is 2.37 bits per heavy atom. The fourth-order valence-electron chi connectivity index (χ4n) is 6.51. The van der Waals surface area contributed by atoms with E-state index in [1.165, 1.54) is 4.68 Å². The normalized spacial score (nSPS) is 20.4. The average Bonchev–Trinajstić information content (AvgIpc) is 3.31. The summed E-state index contributed by atoms with van der Waals surface area (Å²) in [5, 5.41) is 15.4. The van der Waals surface area contributed by atoms with E-state index in [0.717, 1.165) is 29.4 Å². The first-order chi connectivity index (χ1) is 20.7. The third-order valence-electron chi connectivity index (χ3n) is 8.63. The second-order valence-corrected chi connectivity index (χ2v) is 16.1. The quantitative estimate of drug-likeness (QED) is 0.242. The van der Waals surface area contributed by atoms with E-state index in [9.17, 15) is 19.5 Å². The van der Waals surface area contributed by atoms with Gasteiger partial charge >= 0.3 is 0 Å². The van der Waals surface area contributed by atoms with Gasteiger partial charge in [-0.2, -0.15) is 9.78 Å². The smallest absolute Gasteiger partial charge is 0.279 e. The molecule has 43 heavy (non-hydrogen) atoms. The molecule has 0 unspecified atom stereocenters. The van der Waals surface area contributed by atoms with Crippen LogP contribution in [0.3, 0.4) is 0 Å². The summed E-state index contributed by atoms with van der Waals surface area (Å²) in [7, 11) is -2.65. The van der Waals surface area contributed by atoms with Gasteiger partial charge in [-0.3, -0.25) is 9.59 Å². The van der Waals surface area contributed by atoms with Gasteiger partial charge in [0.05, 0.1) is 42.5 Å². The van der Waals surface area contributed by atoms with Crippen molar-refractivity contribution in [1.82, 2.24) is 14.7 Å². The van der Waals surface area contributed by atoms with Crippen LogP contribution < -0.4 is 5.56 Å². The minimum Gasteiger partial charge on any atom is -0.432 e. The lowest BCUT2D eigenvalue weighted by Gasteiger charge is -2.31. The summed E-state index contributed by atoms with van der Waals surface area (Å²) in [6.45, 7) is 6.54. The first kappa shape index (κ1) is 30.8. The first-order valence-corrected chi connectivity index (χ1v) is 18.0. The zero-order valence-electron chi connectivity index (χ0n) is 25.1. The summed E-state index contributed by atoms with van der Waals surface area (Å²) in [6.07, 6.45) is 2.94. The molecule has 0 saturated carbocycles. The Morgan fingerprint density at radius 1 is 0.977 bits per heavy atom. The summed E-state index contributed by atoms with van der Waals surface area (Å²) in [5.41, 5.74) is 2.59. The Bertz CT molecular complexity index is 1590. The molecule has 1 aliphatic rings. The molecule has 0 spiro atoms. The Kier molecular flexibility index (Phi) is 9.56. The van der Waals surface area contributed by atoms with Crippen molar-refractivity contribution < 1.29 is 19.4 Å². The molecule has 1 saturated heterocycles. The molecule has 1 aliphatic heterocycles. The lowest BCUT2D eigenvalue weighted by atomic mass is 9.95. The van der Waals surface area contributed by atoms with Crippen LogP contribution in [0.25, 0.3) is 16.5 Å². The van der Waals surface area contributed by atoms with Gasteiger partial charge in [0.15, 0.2) is 8.32 Å². The summed E-state index contributed by atoms with van der Waals surface area (Å²) in [6, 6.07) is 25.0. The molecular formula is C34H41N3O5Si. The molecule has 3 aromatic carbocycles. The van der Waals surface area contributed by atoms with Crippen LogP contribution >= 0.6 is 0 Å². The van der Waals surface area contributed by atoms with Gasteiger partial charge < -0.3 is 19.5 Å². The Morgan fingerprint density at radius 2 is 1.67 bits per heavy atom. The maximum absolute atomic E-state index is 13.4. The standard InChI is InChI=1S/C34H41N3O5Si/c1-24-30(18-15-25-13-16-28(17-14-25)37-34(40)29-12-8-7-11-27(29)22-35-37)42-31(33(24)43(2,3)41)21-32(39)36(19-20-38)23-26-9-5-4-6-10-26/h4-14,16-17,22,24,30-31,33,38,41H,15,18-21,23H2,1-3H3/t24-,30+,31-,33+/m1/s1. The number of fused-ring (bicyclic) bond motifs is 1. The minimum atomic E-state index is -2.65. The van der Waals surface area contributed by atoms with Crippen molar-refractivity contribution in [2.75, 3.05) is 13.2 Å². The molecule has 226 valence electrons. The summed E-state index contributed by atoms with van der Waals surface area (Å²) >= 11 is 0. The Hall–Kier alpha value is -3.63. The summed E-state index contributed by atoms with van der Waals surface area (Å²) < 4.78 is 7.97. The lowest BCUT2D eigenvalue weighted by molar-refractivity contribution is -0.135. The molecule has 5 rings (SSSR count). The third-order valence-corrected chi connectivity index (χ3v) is 11.2. The predicted molar refractivity (Wildman–Crippen MR) is 170 cm³/mol. The van der Waals surface area contributed by atoms with Crippen LogP contribution in [0.2, 0.25) is 18.6 Å². The molecule has 9 heteroatoms. The number of amides is 1. The molecule has 1 aromatic heterocycles. The topological polar surface area (TPSA) is 105 Å². The van der Waals surface area contributed by atoms with E-state index in [-0.39, 0.29) is 54.7 Å². The van der Waals surface area contributed by atoms with Crippen LogP contribution in [0.15, 0.2) is 89.9 Å². The summed E-state index contributed by atoms with van der Waals surface area (Å²) in [5.74, 6) is 0.0247. The number of carbonyl (C=O) groups excluding carboxylic acids is 1. The van der Waals surface area contributed by atoms with E-state index in [4.69, 9.17) is 4.74 Å². The molecule has 4 atom stereocenters. The van der Waals surface area contributed by atoms with Crippen molar-refractivity contribution in [3.8, 4) is 5.69 Å². The molecule has 0 radical (unpaired) electrons. The van der Waals surface area contributed by atoms with E-state index < -0.39 is 8.32 Å². The van der Waals surface area contributed by atoms with Crippen LogP contribution in [-0.2, 0) is 22.5 Å². The van der Waals surface area contributed by atoms with Crippen LogP contribution in [0, 0.1) is 5.92 Å². The highest BCUT2D eigenvalue weighted by atomic mass is 28.4. The number of aromatic nitrogens is 2. The number of ether oxygens (including phenoxy) is 1. The van der Waals surface area contributed by atoms with E-state index in [0.29, 0.717) is 17.6 Å². The van der Waals surface area contributed by atoms with Crippen molar-refractivity contribution in [2.45, 2.75) is 63.6 Å². The molecule has 0 aliphatic carbocycles. The highest BCUT2D eigenvalue weighted by molar-refractivity contribution is 6.71. The number of nitrogens with zero attached hydrogens (tertiary/aromatic N) is 3. The monoisotopic (exact) mass is 599 g/mol. The molecule has 8 nitrogen and oxygen atoms in total. The number of benzene rings is 3. The second kappa shape index (κ2) is 13.3. The number of aliphatic hydroxyl groups is 1. The highest BCUT2D eigenvalue weighted by Gasteiger charge is 2.50. The molecule has 1 amide bonds. The SMILES string of the molecule is C[C@H]1[C@H]([Si](C)(C)O)[C@@H](CC(=O)N(CCO)Cc2ccccc2)O[C@H]1CCc1ccc(-n2ncc3ccccc3c2=O)cc1. The number of rotatable bonds is 11. The number of hydrogen-bond acceptors (Lipinski definition) is 6. The minimum absolute atomic E-state index is 0.0767. The van der Waals surface area contributed by atoms with Gasteiger partial charge in [0.1, 0.15) is 0 Å². The van der Waals surface area contributed by atoms with Crippen LogP contribution in [-0.4, -0.2) is 64.2 Å². The molecule has 2 heterocycles. The Balaban J connectivity index is 1.25. The van der Waals surface area contributed by atoms with Gasteiger partial charge in [-0.15, -0.1) is 0 Å². The van der Waals surface area contributed by atoms with Crippen molar-refractivity contribution in [1.29, 1.82) is 0 Å². The molecule has 0 bridgehead atoms. The fraction of sp³-hybridized carbons (Fsp3) is 0.382. The molecule has 1 fully saturated rings. The first-order valence-electron chi connectivity index (χ1n) is 15.0. The van der Waals surface area contributed by atoms with E-state index in [2.05, 4.69) is 12.0 Å². The number of carbonyl (C=O) groups is 1. The van der Waals surface area contributed by atoms with Gasteiger partial charge in [0.25, 0.3) is 5.56 Å². The van der Waals surface area contributed by atoms with Crippen molar-refractivity contribution in [2.24, 2.45) is 5.92 Å². The van der Waals surface area contributed by atoms with Crippen LogP contribution in [0.1, 0.15) is 30.9 Å². The zero-order chi connectivity index (χ0) is 30.6. The Labute approximate surface area is 253 Å². The number of aryl methyl sites for hydroxylation is 1. The zero-order valence-corrected chi connectivity index (χ0v) is 26.1. The van der Waals surface area contributed by atoms with Gasteiger partial charge in [0.2, 0.25) is 5.91 Å². The maximum Gasteiger partial charge on any atom is 0.279 e. The third kappa shape index (κ3) is 7.13. The molecule has 4 aromatic rings. The van der Waals surface area contributed by atoms with E-state index in [1.54, 1.807) is 11.1 Å². The maximum atomic E-state index is 13.4. The average molecular weight is 600 g/mol. The van der Waals surface area contributed by atoms with Crippen LogP contribution in [0.4, 0.5) is 0 Å². The lowest BCUT2D eigenvalue weighted by Crippen LogP contribution is -2.42. The van der Waals surface area contributed by atoms with Gasteiger partial charge in [-0.25, -0.2) is 0 Å². The van der Waals surface area contributed by atoms with Gasteiger partial charge in [0, 0.05) is 24.0 Å². The van der Waals surface area contributed by atoms with E-state index >= 15 is 0 Å². The van der Waals surface area contributed by atoms with Crippen molar-refractivity contribution in [3.63, 3.8) is 0 Å². The van der Waals surface area contributed by atoms with Crippen LogP contribution in [0.5, 0.6) is 0 Å².